The van der Waals surface area contributed by atoms with Crippen molar-refractivity contribution in [2.75, 3.05) is 22.5 Å². The van der Waals surface area contributed by atoms with Gasteiger partial charge < -0.3 is 15.5 Å². The number of hydrogen-bond acceptors (Lipinski definition) is 4. The molecule has 30 heavy (non-hydrogen) atoms. The Morgan fingerprint density at radius 1 is 1.20 bits per heavy atom. The van der Waals surface area contributed by atoms with Crippen LogP contribution in [0.15, 0.2) is 48.5 Å². The molecule has 2 N–H and O–H groups in total. The summed E-state index contributed by atoms with van der Waals surface area (Å²) in [4.78, 5) is 38.8. The van der Waals surface area contributed by atoms with Gasteiger partial charge >= 0.3 is 0 Å². The number of hydrogen-bond donors (Lipinski definition) is 2. The second-order valence-electron chi connectivity index (χ2n) is 7.37. The molecule has 0 saturated carbocycles. The van der Waals surface area contributed by atoms with Crippen LogP contribution >= 0.6 is 11.8 Å². The largest absolute Gasteiger partial charge is 0.343 e. The van der Waals surface area contributed by atoms with Crippen molar-refractivity contribution in [3.63, 3.8) is 0 Å². The van der Waals surface area contributed by atoms with E-state index in [0.29, 0.717) is 30.0 Å². The fourth-order valence-corrected chi connectivity index (χ4v) is 4.83. The maximum atomic E-state index is 13.9. The van der Waals surface area contributed by atoms with Crippen LogP contribution < -0.4 is 15.5 Å². The second kappa shape index (κ2) is 8.87. The lowest BCUT2D eigenvalue weighted by Crippen LogP contribution is -2.52. The Bertz CT molecular complexity index is 984. The Balaban J connectivity index is 1.36. The molecule has 2 unspecified atom stereocenters. The first-order chi connectivity index (χ1) is 14.5. The van der Waals surface area contributed by atoms with Crippen molar-refractivity contribution in [3.05, 3.63) is 59.9 Å². The number of nitrogens with one attached hydrogen (secondary N) is 2. The predicted octanol–water partition coefficient (Wildman–Crippen LogP) is 2.73. The van der Waals surface area contributed by atoms with Crippen LogP contribution in [0, 0.1) is 5.82 Å². The molecular weight excluding hydrogens is 405 g/mol. The maximum Gasteiger partial charge on any atom is 0.247 e. The number of nitrogens with zero attached hydrogens (tertiary/aromatic N) is 1. The summed E-state index contributed by atoms with van der Waals surface area (Å²) >= 11 is 1.35. The van der Waals surface area contributed by atoms with Crippen molar-refractivity contribution in [2.24, 2.45) is 0 Å². The number of anilines is 2. The summed E-state index contributed by atoms with van der Waals surface area (Å²) in [5, 5.41) is 5.13. The summed E-state index contributed by atoms with van der Waals surface area (Å²) < 4.78 is 13.9. The van der Waals surface area contributed by atoms with Gasteiger partial charge in [0.2, 0.25) is 17.7 Å². The van der Waals surface area contributed by atoms with Crippen molar-refractivity contribution < 1.29 is 18.8 Å². The number of carbonyl (C=O) groups excluding carboxylic acids is 3. The summed E-state index contributed by atoms with van der Waals surface area (Å²) in [6.07, 6.45) is 1.65. The van der Waals surface area contributed by atoms with Crippen LogP contribution in [-0.2, 0) is 20.8 Å². The average molecular weight is 428 g/mol. The van der Waals surface area contributed by atoms with E-state index < -0.39 is 11.3 Å². The molecule has 4 rings (SSSR count). The molecule has 2 saturated heterocycles. The van der Waals surface area contributed by atoms with Gasteiger partial charge in [0.1, 0.15) is 11.9 Å². The van der Waals surface area contributed by atoms with Gasteiger partial charge in [0.25, 0.3) is 0 Å². The van der Waals surface area contributed by atoms with E-state index in [-0.39, 0.29) is 30.0 Å². The molecule has 2 fully saturated rings. The monoisotopic (exact) mass is 427 g/mol. The second-order valence-corrected chi connectivity index (χ2v) is 8.60. The fraction of sp³-hybridized carbons (Fsp3) is 0.318. The Kier molecular flexibility index (Phi) is 6.03. The molecule has 6 nitrogen and oxygen atoms in total. The Labute approximate surface area is 178 Å². The maximum absolute atomic E-state index is 13.9. The molecule has 0 aliphatic carbocycles. The zero-order chi connectivity index (χ0) is 21.1. The minimum atomic E-state index is -0.670. The quantitative estimate of drug-likeness (QED) is 0.769. The molecule has 2 heterocycles. The summed E-state index contributed by atoms with van der Waals surface area (Å²) in [6, 6.07) is 12.9. The topological polar surface area (TPSA) is 78.5 Å². The van der Waals surface area contributed by atoms with Crippen molar-refractivity contribution in [3.8, 4) is 0 Å². The highest BCUT2D eigenvalue weighted by Crippen LogP contribution is 2.26. The molecule has 2 atom stereocenters. The Morgan fingerprint density at radius 3 is 2.77 bits per heavy atom. The summed E-state index contributed by atoms with van der Waals surface area (Å²) in [5.41, 5.74) is 1.81. The van der Waals surface area contributed by atoms with Crippen LogP contribution in [-0.4, -0.2) is 41.3 Å². The van der Waals surface area contributed by atoms with E-state index in [0.717, 1.165) is 12.1 Å². The van der Waals surface area contributed by atoms with Gasteiger partial charge in [0, 0.05) is 30.1 Å². The lowest BCUT2D eigenvalue weighted by molar-refractivity contribution is -0.126. The number of rotatable bonds is 5. The summed E-state index contributed by atoms with van der Waals surface area (Å²) in [6.45, 7) is 0.676. The number of carbonyl (C=O) groups is 3. The molecule has 0 spiro atoms. The number of benzene rings is 2. The van der Waals surface area contributed by atoms with Crippen molar-refractivity contribution in [1.82, 2.24) is 5.32 Å². The summed E-state index contributed by atoms with van der Waals surface area (Å²) in [7, 11) is 0. The number of amides is 3. The van der Waals surface area contributed by atoms with Gasteiger partial charge in [0.15, 0.2) is 0 Å². The fourth-order valence-electron chi connectivity index (χ4n) is 3.65. The van der Waals surface area contributed by atoms with E-state index in [1.165, 1.54) is 17.8 Å². The lowest BCUT2D eigenvalue weighted by Gasteiger charge is -2.28. The molecule has 156 valence electrons. The first kappa shape index (κ1) is 20.4. The molecule has 2 aliphatic heterocycles. The molecular formula is C22H22FN3O3S. The first-order valence-corrected chi connectivity index (χ1v) is 10.9. The minimum absolute atomic E-state index is 0.0790. The molecule has 3 amide bonds. The first-order valence-electron chi connectivity index (χ1n) is 9.88. The van der Waals surface area contributed by atoms with Gasteiger partial charge in [0.05, 0.1) is 5.25 Å². The molecule has 2 aliphatic rings. The van der Waals surface area contributed by atoms with Gasteiger partial charge in [-0.15, -0.1) is 11.8 Å². The van der Waals surface area contributed by atoms with E-state index in [4.69, 9.17) is 0 Å². The third-order valence-corrected chi connectivity index (χ3v) is 6.56. The van der Waals surface area contributed by atoms with Gasteiger partial charge in [-0.25, -0.2) is 4.39 Å². The van der Waals surface area contributed by atoms with E-state index >= 15 is 0 Å². The molecule has 0 bridgehead atoms. The molecule has 2 aromatic rings. The van der Waals surface area contributed by atoms with Crippen molar-refractivity contribution in [1.29, 1.82) is 0 Å². The minimum Gasteiger partial charge on any atom is -0.343 e. The van der Waals surface area contributed by atoms with Crippen LogP contribution in [0.1, 0.15) is 18.4 Å². The third-order valence-electron chi connectivity index (χ3n) is 5.25. The SMILES string of the molecule is O=C(Nc1cccc(N2CCCC2=O)c1)C1CSC(Cc2ccccc2F)C(=O)N1. The predicted molar refractivity (Wildman–Crippen MR) is 115 cm³/mol. The van der Waals surface area contributed by atoms with Crippen LogP contribution in [0.4, 0.5) is 15.8 Å². The van der Waals surface area contributed by atoms with Gasteiger partial charge in [-0.2, -0.15) is 0 Å². The van der Waals surface area contributed by atoms with Crippen LogP contribution in [0.5, 0.6) is 0 Å². The van der Waals surface area contributed by atoms with E-state index in [1.807, 2.05) is 6.07 Å². The van der Waals surface area contributed by atoms with E-state index in [1.54, 1.807) is 41.3 Å². The third kappa shape index (κ3) is 4.48. The van der Waals surface area contributed by atoms with Crippen LogP contribution in [0.2, 0.25) is 0 Å². The average Bonchev–Trinajstić information content (AvgIpc) is 3.17. The number of halogens is 1. The zero-order valence-corrected chi connectivity index (χ0v) is 17.1. The molecule has 2 aromatic carbocycles. The van der Waals surface area contributed by atoms with Crippen LogP contribution in [0.25, 0.3) is 0 Å². The number of thioether (sulfide) groups is 1. The van der Waals surface area contributed by atoms with Crippen molar-refractivity contribution >= 4 is 40.9 Å². The smallest absolute Gasteiger partial charge is 0.247 e. The van der Waals surface area contributed by atoms with Gasteiger partial charge in [-0.1, -0.05) is 24.3 Å². The Hall–Kier alpha value is -2.87. The normalized spacial score (nSPS) is 21.4. The van der Waals surface area contributed by atoms with E-state index in [2.05, 4.69) is 10.6 Å². The molecule has 0 aromatic heterocycles. The van der Waals surface area contributed by atoms with Gasteiger partial charge in [-0.3, -0.25) is 14.4 Å². The standard InChI is InChI=1S/C22H22FN3O3S/c23-17-8-2-1-5-14(17)11-19-22(29)25-18(13-30-19)21(28)24-15-6-3-7-16(12-15)26-10-4-9-20(26)27/h1-3,5-8,12,18-19H,4,9-11,13H2,(H,24,28)(H,25,29). The van der Waals surface area contributed by atoms with Crippen LogP contribution in [0.3, 0.4) is 0 Å². The summed E-state index contributed by atoms with van der Waals surface area (Å²) in [5.74, 6) is -0.435. The van der Waals surface area contributed by atoms with Gasteiger partial charge in [-0.05, 0) is 42.7 Å². The molecule has 8 heteroatoms. The highest BCUT2D eigenvalue weighted by atomic mass is 32.2. The highest BCUT2D eigenvalue weighted by molar-refractivity contribution is 8.00. The van der Waals surface area contributed by atoms with Crippen molar-refractivity contribution in [2.45, 2.75) is 30.6 Å². The van der Waals surface area contributed by atoms with E-state index in [9.17, 15) is 18.8 Å². The Morgan fingerprint density at radius 2 is 2.03 bits per heavy atom. The molecule has 0 radical (unpaired) electrons. The zero-order valence-electron chi connectivity index (χ0n) is 16.3. The lowest BCUT2D eigenvalue weighted by atomic mass is 10.1. The highest BCUT2D eigenvalue weighted by Gasteiger charge is 2.33.